The Kier molecular flexibility index (Phi) is 6.50. The van der Waals surface area contributed by atoms with Gasteiger partial charge >= 0.3 is 0 Å². The van der Waals surface area contributed by atoms with Crippen LogP contribution in [0.3, 0.4) is 0 Å². The van der Waals surface area contributed by atoms with Crippen LogP contribution in [0.25, 0.3) is 17.5 Å². The Morgan fingerprint density at radius 3 is 2.79 bits per heavy atom. The first-order valence-electron chi connectivity index (χ1n) is 10.1. The van der Waals surface area contributed by atoms with Gasteiger partial charge in [0.25, 0.3) is 11.1 Å². The molecule has 0 atom stereocenters. The summed E-state index contributed by atoms with van der Waals surface area (Å²) >= 11 is 0.902. The maximum atomic E-state index is 12.6. The Morgan fingerprint density at radius 1 is 1.24 bits per heavy atom. The number of tetrazole rings is 1. The molecule has 1 aliphatic heterocycles. The van der Waals surface area contributed by atoms with E-state index in [4.69, 9.17) is 0 Å². The summed E-state index contributed by atoms with van der Waals surface area (Å²) in [5.41, 5.74) is 2.67. The summed E-state index contributed by atoms with van der Waals surface area (Å²) in [6, 6.07) is 12.2. The number of carbonyl (C=O) groups is 3. The number of nitrogens with zero attached hydrogens (tertiary/aromatic N) is 4. The zero-order valence-corrected chi connectivity index (χ0v) is 18.4. The molecule has 0 aliphatic carbocycles. The number of H-pyrrole nitrogens is 1. The highest BCUT2D eigenvalue weighted by atomic mass is 32.2. The van der Waals surface area contributed by atoms with Crippen LogP contribution < -0.4 is 5.32 Å². The van der Waals surface area contributed by atoms with Gasteiger partial charge < -0.3 is 10.4 Å². The molecule has 10 nitrogen and oxygen atoms in total. The molecule has 0 spiro atoms. The topological polar surface area (TPSA) is 141 Å². The summed E-state index contributed by atoms with van der Waals surface area (Å²) in [4.78, 5) is 38.7. The van der Waals surface area contributed by atoms with Crippen molar-refractivity contribution < 1.29 is 19.5 Å². The highest BCUT2D eigenvalue weighted by molar-refractivity contribution is 8.18. The highest BCUT2D eigenvalue weighted by Gasteiger charge is 2.34. The molecule has 0 bridgehead atoms. The smallest absolute Gasteiger partial charge is 0.293 e. The number of phenolic OH excluding ortho intramolecular Hbond substituents is 1. The number of thioether (sulfide) groups is 1. The summed E-state index contributed by atoms with van der Waals surface area (Å²) in [5, 5.41) is 25.8. The number of phenols is 1. The number of anilines is 1. The molecule has 1 fully saturated rings. The Hall–Kier alpha value is -3.99. The summed E-state index contributed by atoms with van der Waals surface area (Å²) in [5.74, 6) is -0.522. The number of hydrogen-bond acceptors (Lipinski definition) is 8. The summed E-state index contributed by atoms with van der Waals surface area (Å²) in [6.45, 7) is 2.08. The molecule has 3 aromatic rings. The van der Waals surface area contributed by atoms with Crippen LogP contribution in [0, 0.1) is 6.92 Å². The normalized spacial score (nSPS) is 14.8. The van der Waals surface area contributed by atoms with Gasteiger partial charge in [0.2, 0.25) is 11.7 Å². The summed E-state index contributed by atoms with van der Waals surface area (Å²) < 4.78 is 0. The molecule has 33 heavy (non-hydrogen) atoms. The molecule has 168 valence electrons. The van der Waals surface area contributed by atoms with Crippen LogP contribution in [0.15, 0.2) is 47.4 Å². The second-order valence-electron chi connectivity index (χ2n) is 7.31. The quantitative estimate of drug-likeness (QED) is 0.452. The van der Waals surface area contributed by atoms with Crippen molar-refractivity contribution in [3.63, 3.8) is 0 Å². The zero-order chi connectivity index (χ0) is 23.4. The minimum atomic E-state index is -0.351. The van der Waals surface area contributed by atoms with Gasteiger partial charge in [0.1, 0.15) is 5.75 Å². The maximum absolute atomic E-state index is 12.6. The molecule has 2 aromatic carbocycles. The van der Waals surface area contributed by atoms with E-state index >= 15 is 0 Å². The standard InChI is InChI=1S/C22H20N6O4S/c1-13-5-2-3-6-14(13)11-18-21(31)28(22(32)33-18)10-4-7-19(30)23-15-8-9-16(17(29)12-15)20-24-26-27-25-20/h2-3,5-6,8-9,11-12,29H,4,7,10H2,1H3,(H,23,30)(H,24,25,26,27)/b18-11-. The third kappa shape index (κ3) is 5.09. The van der Waals surface area contributed by atoms with Crippen molar-refractivity contribution in [3.8, 4) is 17.1 Å². The predicted octanol–water partition coefficient (Wildman–Crippen LogP) is 3.34. The molecule has 3 N–H and O–H groups in total. The van der Waals surface area contributed by atoms with E-state index in [1.807, 2.05) is 31.2 Å². The second-order valence-corrected chi connectivity index (χ2v) is 8.30. The lowest BCUT2D eigenvalue weighted by atomic mass is 10.1. The number of amides is 3. The lowest BCUT2D eigenvalue weighted by Crippen LogP contribution is -2.29. The number of benzene rings is 2. The van der Waals surface area contributed by atoms with Gasteiger partial charge in [-0.1, -0.05) is 24.3 Å². The van der Waals surface area contributed by atoms with E-state index in [-0.39, 0.29) is 41.6 Å². The molecule has 0 radical (unpaired) electrons. The molecule has 0 saturated carbocycles. The van der Waals surface area contributed by atoms with E-state index in [1.165, 1.54) is 6.07 Å². The van der Waals surface area contributed by atoms with Gasteiger partial charge in [-0.25, -0.2) is 0 Å². The van der Waals surface area contributed by atoms with E-state index in [2.05, 4.69) is 25.9 Å². The van der Waals surface area contributed by atoms with Gasteiger partial charge in [0, 0.05) is 24.7 Å². The summed E-state index contributed by atoms with van der Waals surface area (Å²) in [7, 11) is 0. The van der Waals surface area contributed by atoms with Crippen LogP contribution in [0.5, 0.6) is 5.75 Å². The molecule has 1 saturated heterocycles. The number of hydrogen-bond donors (Lipinski definition) is 3. The number of aromatic amines is 1. The molecular formula is C22H20N6O4S. The van der Waals surface area contributed by atoms with Gasteiger partial charge in [-0.05, 0) is 59.7 Å². The Labute approximate surface area is 193 Å². The molecule has 1 aromatic heterocycles. The zero-order valence-electron chi connectivity index (χ0n) is 17.6. The average molecular weight is 465 g/mol. The lowest BCUT2D eigenvalue weighted by Gasteiger charge is -2.12. The fraction of sp³-hybridized carbons (Fsp3) is 0.182. The number of rotatable bonds is 7. The largest absolute Gasteiger partial charge is 0.507 e. The number of aryl methyl sites for hydroxylation is 1. The monoisotopic (exact) mass is 464 g/mol. The van der Waals surface area contributed by atoms with Gasteiger partial charge in [0.15, 0.2) is 0 Å². The van der Waals surface area contributed by atoms with Gasteiger partial charge in [-0.2, -0.15) is 5.21 Å². The first-order chi connectivity index (χ1) is 15.9. The molecule has 11 heteroatoms. The highest BCUT2D eigenvalue weighted by Crippen LogP contribution is 2.33. The van der Waals surface area contributed by atoms with Crippen molar-refractivity contribution in [2.24, 2.45) is 0 Å². The fourth-order valence-electron chi connectivity index (χ4n) is 3.28. The number of aromatic nitrogens is 4. The van der Waals surface area contributed by atoms with Crippen molar-refractivity contribution in [1.82, 2.24) is 25.5 Å². The maximum Gasteiger partial charge on any atom is 0.293 e. The minimum absolute atomic E-state index is 0.103. The second kappa shape index (κ2) is 9.65. The molecule has 3 amide bonds. The van der Waals surface area contributed by atoms with E-state index in [0.717, 1.165) is 27.8 Å². The van der Waals surface area contributed by atoms with E-state index in [0.29, 0.717) is 22.6 Å². The van der Waals surface area contributed by atoms with E-state index in [9.17, 15) is 19.5 Å². The van der Waals surface area contributed by atoms with E-state index < -0.39 is 0 Å². The van der Waals surface area contributed by atoms with Crippen LogP contribution in [0.2, 0.25) is 0 Å². The van der Waals surface area contributed by atoms with Crippen molar-refractivity contribution >= 4 is 40.6 Å². The first kappa shape index (κ1) is 22.2. The number of imide groups is 1. The van der Waals surface area contributed by atoms with Gasteiger partial charge in [-0.3, -0.25) is 19.3 Å². The van der Waals surface area contributed by atoms with Crippen LogP contribution >= 0.6 is 11.8 Å². The third-order valence-electron chi connectivity index (χ3n) is 5.00. The minimum Gasteiger partial charge on any atom is -0.507 e. The van der Waals surface area contributed by atoms with Gasteiger partial charge in [-0.15, -0.1) is 10.2 Å². The number of aromatic hydroxyl groups is 1. The first-order valence-corrected chi connectivity index (χ1v) is 10.9. The lowest BCUT2D eigenvalue weighted by molar-refractivity contribution is -0.123. The fourth-order valence-corrected chi connectivity index (χ4v) is 4.13. The molecule has 2 heterocycles. The number of carbonyl (C=O) groups excluding carboxylic acids is 3. The van der Waals surface area contributed by atoms with Crippen molar-refractivity contribution in [1.29, 1.82) is 0 Å². The molecule has 4 rings (SSSR count). The van der Waals surface area contributed by atoms with Crippen LogP contribution in [-0.2, 0) is 9.59 Å². The Morgan fingerprint density at radius 2 is 2.06 bits per heavy atom. The van der Waals surface area contributed by atoms with Crippen molar-refractivity contribution in [2.45, 2.75) is 19.8 Å². The van der Waals surface area contributed by atoms with Gasteiger partial charge in [0.05, 0.1) is 10.5 Å². The Balaban J connectivity index is 1.31. The van der Waals surface area contributed by atoms with Crippen LogP contribution in [0.4, 0.5) is 10.5 Å². The third-order valence-corrected chi connectivity index (χ3v) is 5.91. The molecule has 0 unspecified atom stereocenters. The Bertz CT molecular complexity index is 1240. The van der Waals surface area contributed by atoms with Crippen molar-refractivity contribution in [3.05, 3.63) is 58.5 Å². The van der Waals surface area contributed by atoms with Crippen LogP contribution in [-0.4, -0.2) is 54.2 Å². The molecule has 1 aliphatic rings. The number of nitrogens with one attached hydrogen (secondary N) is 2. The molecular weight excluding hydrogens is 444 g/mol. The average Bonchev–Trinajstić information content (AvgIpc) is 3.40. The van der Waals surface area contributed by atoms with E-state index in [1.54, 1.807) is 18.2 Å². The van der Waals surface area contributed by atoms with Crippen LogP contribution in [0.1, 0.15) is 24.0 Å². The van der Waals surface area contributed by atoms with Crippen molar-refractivity contribution in [2.75, 3.05) is 11.9 Å². The summed E-state index contributed by atoms with van der Waals surface area (Å²) in [6.07, 6.45) is 2.14. The SMILES string of the molecule is Cc1ccccc1/C=C1\SC(=O)N(CCCC(=O)Nc2ccc(-c3nn[nH]n3)c(O)c2)C1=O. The predicted molar refractivity (Wildman–Crippen MR) is 123 cm³/mol.